The number of imidazole rings is 1. The van der Waals surface area contributed by atoms with E-state index in [0.29, 0.717) is 5.25 Å². The molecule has 1 heterocycles. The minimum atomic E-state index is 0.694. The quantitative estimate of drug-likeness (QED) is 0.690. The Bertz CT molecular complexity index is 304. The van der Waals surface area contributed by atoms with Crippen LogP contribution in [-0.4, -0.2) is 41.3 Å². The minimum Gasteiger partial charge on any atom is -0.385 e. The Morgan fingerprint density at radius 3 is 3.12 bits per heavy atom. The van der Waals surface area contributed by atoms with Crippen LogP contribution in [0.5, 0.6) is 0 Å². The molecule has 4 nitrogen and oxygen atoms in total. The largest absolute Gasteiger partial charge is 0.385 e. The van der Waals surface area contributed by atoms with Crippen LogP contribution in [0.3, 0.4) is 0 Å². The van der Waals surface area contributed by atoms with Gasteiger partial charge in [0, 0.05) is 44.4 Å². The molecule has 5 heteroatoms. The second-order valence-electron chi connectivity index (χ2n) is 4.05. The maximum Gasteiger partial charge on any atom is 0.202 e. The van der Waals surface area contributed by atoms with E-state index in [2.05, 4.69) is 28.0 Å². The molecule has 1 aromatic rings. The van der Waals surface area contributed by atoms with Crippen molar-refractivity contribution in [1.82, 2.24) is 9.55 Å². The second kappa shape index (κ2) is 8.42. The molecular weight excluding hydrogens is 234 g/mol. The first-order valence-corrected chi connectivity index (χ1v) is 7.33. The maximum atomic E-state index is 5.05. The van der Waals surface area contributed by atoms with Crippen molar-refractivity contribution in [3.05, 3.63) is 12.4 Å². The molecule has 0 aromatic carbocycles. The van der Waals surface area contributed by atoms with Crippen LogP contribution in [0.15, 0.2) is 12.4 Å². The van der Waals surface area contributed by atoms with E-state index in [1.165, 1.54) is 0 Å². The Kier molecular flexibility index (Phi) is 7.12. The van der Waals surface area contributed by atoms with Gasteiger partial charge in [0.1, 0.15) is 0 Å². The Labute approximate surface area is 108 Å². The molecule has 0 aliphatic carbocycles. The molecular formula is C12H23N3OS. The number of rotatable bonds is 9. The SMILES string of the molecule is COCCCn1ccnc1NCCC(C)SC. The fourth-order valence-electron chi connectivity index (χ4n) is 1.54. The van der Waals surface area contributed by atoms with Gasteiger partial charge in [0.2, 0.25) is 5.95 Å². The fourth-order valence-corrected chi connectivity index (χ4v) is 1.89. The van der Waals surface area contributed by atoms with Crippen LogP contribution >= 0.6 is 11.8 Å². The summed E-state index contributed by atoms with van der Waals surface area (Å²) in [6.45, 7) is 4.97. The summed E-state index contributed by atoms with van der Waals surface area (Å²) >= 11 is 1.90. The zero-order valence-corrected chi connectivity index (χ0v) is 11.8. The van der Waals surface area contributed by atoms with E-state index >= 15 is 0 Å². The summed E-state index contributed by atoms with van der Waals surface area (Å²) in [6.07, 6.45) is 8.17. The highest BCUT2D eigenvalue weighted by molar-refractivity contribution is 7.99. The standard InChI is InChI=1S/C12H23N3OS/c1-11(17-3)5-6-13-12-14-7-9-15(12)8-4-10-16-2/h7,9,11H,4-6,8,10H2,1-3H3,(H,13,14). The van der Waals surface area contributed by atoms with Crippen molar-refractivity contribution < 1.29 is 4.74 Å². The summed E-state index contributed by atoms with van der Waals surface area (Å²) in [5.74, 6) is 0.967. The molecule has 98 valence electrons. The number of ether oxygens (including phenoxy) is 1. The van der Waals surface area contributed by atoms with Gasteiger partial charge >= 0.3 is 0 Å². The Morgan fingerprint density at radius 1 is 1.59 bits per heavy atom. The topological polar surface area (TPSA) is 39.1 Å². The second-order valence-corrected chi connectivity index (χ2v) is 5.33. The highest BCUT2D eigenvalue weighted by Crippen LogP contribution is 2.10. The minimum absolute atomic E-state index is 0.694. The highest BCUT2D eigenvalue weighted by Gasteiger charge is 2.03. The maximum absolute atomic E-state index is 5.05. The van der Waals surface area contributed by atoms with Crippen LogP contribution in [0, 0.1) is 0 Å². The van der Waals surface area contributed by atoms with Crippen LogP contribution in [0.2, 0.25) is 0 Å². The van der Waals surface area contributed by atoms with Crippen molar-refractivity contribution in [2.45, 2.75) is 31.6 Å². The van der Waals surface area contributed by atoms with Gasteiger partial charge in [-0.05, 0) is 19.1 Å². The van der Waals surface area contributed by atoms with Gasteiger partial charge in [-0.25, -0.2) is 4.98 Å². The molecule has 1 N–H and O–H groups in total. The van der Waals surface area contributed by atoms with E-state index in [1.807, 2.05) is 24.2 Å². The summed E-state index contributed by atoms with van der Waals surface area (Å²) in [5, 5.41) is 4.08. The summed E-state index contributed by atoms with van der Waals surface area (Å²) in [4.78, 5) is 4.32. The van der Waals surface area contributed by atoms with Gasteiger partial charge in [0.25, 0.3) is 0 Å². The number of anilines is 1. The number of nitrogens with zero attached hydrogens (tertiary/aromatic N) is 2. The Balaban J connectivity index is 2.30. The zero-order valence-electron chi connectivity index (χ0n) is 11.0. The van der Waals surface area contributed by atoms with E-state index in [1.54, 1.807) is 7.11 Å². The van der Waals surface area contributed by atoms with E-state index in [9.17, 15) is 0 Å². The molecule has 0 saturated heterocycles. The molecule has 0 bridgehead atoms. The van der Waals surface area contributed by atoms with Crippen molar-refractivity contribution in [3.63, 3.8) is 0 Å². The molecule has 0 fully saturated rings. The third-order valence-corrected chi connectivity index (χ3v) is 3.74. The molecule has 1 unspecified atom stereocenters. The molecule has 1 rings (SSSR count). The molecule has 0 amide bonds. The van der Waals surface area contributed by atoms with E-state index in [4.69, 9.17) is 4.74 Å². The monoisotopic (exact) mass is 257 g/mol. The van der Waals surface area contributed by atoms with Crippen molar-refractivity contribution in [2.24, 2.45) is 0 Å². The van der Waals surface area contributed by atoms with Crippen molar-refractivity contribution >= 4 is 17.7 Å². The Hall–Kier alpha value is -0.680. The lowest BCUT2D eigenvalue weighted by atomic mass is 10.3. The molecule has 1 aromatic heterocycles. The lowest BCUT2D eigenvalue weighted by Gasteiger charge is -2.11. The normalized spacial score (nSPS) is 12.6. The van der Waals surface area contributed by atoms with Crippen LogP contribution in [0.25, 0.3) is 0 Å². The van der Waals surface area contributed by atoms with Gasteiger partial charge in [-0.1, -0.05) is 6.92 Å². The van der Waals surface area contributed by atoms with Gasteiger partial charge in [0.15, 0.2) is 0 Å². The van der Waals surface area contributed by atoms with Crippen molar-refractivity contribution in [1.29, 1.82) is 0 Å². The van der Waals surface area contributed by atoms with Crippen molar-refractivity contribution in [3.8, 4) is 0 Å². The molecule has 0 radical (unpaired) electrons. The molecule has 1 atom stereocenters. The number of hydrogen-bond acceptors (Lipinski definition) is 4. The predicted octanol–water partition coefficient (Wildman–Crippen LogP) is 2.47. The number of nitrogens with one attached hydrogen (secondary N) is 1. The molecule has 0 spiro atoms. The number of methoxy groups -OCH3 is 1. The first-order valence-electron chi connectivity index (χ1n) is 6.04. The van der Waals surface area contributed by atoms with E-state index < -0.39 is 0 Å². The fraction of sp³-hybridized carbons (Fsp3) is 0.750. The smallest absolute Gasteiger partial charge is 0.202 e. The van der Waals surface area contributed by atoms with Gasteiger partial charge in [-0.15, -0.1) is 0 Å². The highest BCUT2D eigenvalue weighted by atomic mass is 32.2. The van der Waals surface area contributed by atoms with Gasteiger partial charge in [-0.2, -0.15) is 11.8 Å². The number of aromatic nitrogens is 2. The summed E-state index contributed by atoms with van der Waals surface area (Å²) in [5.41, 5.74) is 0. The first-order chi connectivity index (χ1) is 8.27. The zero-order chi connectivity index (χ0) is 12.5. The van der Waals surface area contributed by atoms with Crippen LogP contribution in [-0.2, 0) is 11.3 Å². The van der Waals surface area contributed by atoms with Crippen LogP contribution < -0.4 is 5.32 Å². The predicted molar refractivity (Wildman–Crippen MR) is 74.8 cm³/mol. The number of thioether (sulfide) groups is 1. The van der Waals surface area contributed by atoms with E-state index in [0.717, 1.165) is 38.5 Å². The van der Waals surface area contributed by atoms with Gasteiger partial charge < -0.3 is 14.6 Å². The summed E-state index contributed by atoms with van der Waals surface area (Å²) < 4.78 is 7.19. The summed E-state index contributed by atoms with van der Waals surface area (Å²) in [7, 11) is 1.73. The Morgan fingerprint density at radius 2 is 2.41 bits per heavy atom. The molecule has 0 saturated carbocycles. The summed E-state index contributed by atoms with van der Waals surface area (Å²) in [6, 6.07) is 0. The number of hydrogen-bond donors (Lipinski definition) is 1. The first kappa shape index (κ1) is 14.4. The van der Waals surface area contributed by atoms with Gasteiger partial charge in [0.05, 0.1) is 0 Å². The van der Waals surface area contributed by atoms with Crippen LogP contribution in [0.1, 0.15) is 19.8 Å². The van der Waals surface area contributed by atoms with Gasteiger partial charge in [-0.3, -0.25) is 0 Å². The third kappa shape index (κ3) is 5.46. The average molecular weight is 257 g/mol. The molecule has 0 aliphatic rings. The lowest BCUT2D eigenvalue weighted by Crippen LogP contribution is -2.12. The third-order valence-electron chi connectivity index (χ3n) is 2.70. The van der Waals surface area contributed by atoms with Crippen LogP contribution in [0.4, 0.5) is 5.95 Å². The van der Waals surface area contributed by atoms with E-state index in [-0.39, 0.29) is 0 Å². The number of aryl methyl sites for hydroxylation is 1. The molecule has 17 heavy (non-hydrogen) atoms. The molecule has 0 aliphatic heterocycles. The van der Waals surface area contributed by atoms with Crippen molar-refractivity contribution in [2.75, 3.05) is 31.8 Å². The average Bonchev–Trinajstić information content (AvgIpc) is 2.77. The lowest BCUT2D eigenvalue weighted by molar-refractivity contribution is 0.190.